The molecule has 1 aliphatic heterocycles. The number of hydrogen-bond acceptors (Lipinski definition) is 10. The van der Waals surface area contributed by atoms with E-state index in [2.05, 4.69) is 27.3 Å². The summed E-state index contributed by atoms with van der Waals surface area (Å²) in [6.07, 6.45) is 2.83. The van der Waals surface area contributed by atoms with Crippen LogP contribution in [-0.4, -0.2) is 60.7 Å². The lowest BCUT2D eigenvalue weighted by Crippen LogP contribution is -2.36. The second-order valence-corrected chi connectivity index (χ2v) is 10.8. The summed E-state index contributed by atoms with van der Waals surface area (Å²) in [5.74, 6) is 0.277. The lowest BCUT2D eigenvalue weighted by molar-refractivity contribution is -0.113. The molecule has 1 N–H and O–H groups in total. The summed E-state index contributed by atoms with van der Waals surface area (Å²) in [5, 5.41) is 12.9. The molecule has 31 heavy (non-hydrogen) atoms. The van der Waals surface area contributed by atoms with Crippen LogP contribution >= 0.6 is 34.4 Å². The molecule has 168 valence electrons. The van der Waals surface area contributed by atoms with Crippen LogP contribution in [0.3, 0.4) is 0 Å². The van der Waals surface area contributed by atoms with Crippen molar-refractivity contribution in [2.45, 2.75) is 37.4 Å². The molecule has 1 saturated heterocycles. The summed E-state index contributed by atoms with van der Waals surface area (Å²) in [6.45, 7) is 7.31. The lowest BCUT2D eigenvalue weighted by atomic mass is 9.88. The van der Waals surface area contributed by atoms with Crippen molar-refractivity contribution >= 4 is 56.4 Å². The van der Waals surface area contributed by atoms with Crippen molar-refractivity contribution in [3.05, 3.63) is 16.0 Å². The summed E-state index contributed by atoms with van der Waals surface area (Å²) in [5.41, 5.74) is 1.58. The van der Waals surface area contributed by atoms with Crippen molar-refractivity contribution in [1.29, 1.82) is 0 Å². The van der Waals surface area contributed by atoms with Crippen molar-refractivity contribution < 1.29 is 19.1 Å². The van der Waals surface area contributed by atoms with Crippen LogP contribution in [0.15, 0.2) is 4.34 Å². The standard InChI is InChI=1S/C20H26N4O4S3/c1-3-28-18(26)16-13-5-4-12(2)10-14(13)30-17(16)21-15(25)11-29-20-23-22-19(31-20)24-6-8-27-9-7-24/h12H,3-11H2,1-2H3,(H,21,25). The molecule has 1 fully saturated rings. The fourth-order valence-electron chi connectivity index (χ4n) is 3.69. The molecule has 1 atom stereocenters. The summed E-state index contributed by atoms with van der Waals surface area (Å²) < 4.78 is 11.4. The molecule has 2 aromatic rings. The monoisotopic (exact) mass is 482 g/mol. The average molecular weight is 483 g/mol. The maximum Gasteiger partial charge on any atom is 0.341 e. The van der Waals surface area contributed by atoms with E-state index in [1.165, 1.54) is 39.3 Å². The third-order valence-electron chi connectivity index (χ3n) is 5.25. The van der Waals surface area contributed by atoms with Gasteiger partial charge in [0.05, 0.1) is 31.1 Å². The largest absolute Gasteiger partial charge is 0.462 e. The van der Waals surface area contributed by atoms with Gasteiger partial charge in [-0.25, -0.2) is 4.79 Å². The zero-order valence-electron chi connectivity index (χ0n) is 17.6. The SMILES string of the molecule is CCOC(=O)c1c(NC(=O)CSc2nnc(N3CCOCC3)s2)sc2c1CCC(C)C2. The smallest absolute Gasteiger partial charge is 0.341 e. The Bertz CT molecular complexity index is 939. The van der Waals surface area contributed by atoms with Gasteiger partial charge in [-0.15, -0.1) is 21.5 Å². The molecule has 0 radical (unpaired) electrons. The predicted molar refractivity (Wildman–Crippen MR) is 124 cm³/mol. The number of aromatic nitrogens is 2. The first kappa shape index (κ1) is 22.5. The second-order valence-electron chi connectivity index (χ2n) is 7.56. The molecule has 4 rings (SSSR count). The number of anilines is 2. The van der Waals surface area contributed by atoms with E-state index >= 15 is 0 Å². The molecule has 8 nitrogen and oxygen atoms in total. The van der Waals surface area contributed by atoms with Gasteiger partial charge in [0.2, 0.25) is 11.0 Å². The number of thioether (sulfide) groups is 1. The van der Waals surface area contributed by atoms with Gasteiger partial charge in [-0.3, -0.25) is 4.79 Å². The number of carbonyl (C=O) groups excluding carboxylic acids is 2. The Morgan fingerprint density at radius 3 is 2.87 bits per heavy atom. The minimum absolute atomic E-state index is 0.162. The fourth-order valence-corrected chi connectivity index (χ4v) is 6.80. The van der Waals surface area contributed by atoms with Gasteiger partial charge in [0.1, 0.15) is 5.00 Å². The number of morpholine rings is 1. The quantitative estimate of drug-likeness (QED) is 0.474. The lowest BCUT2D eigenvalue weighted by Gasteiger charge is -2.25. The molecule has 2 aliphatic rings. The Hall–Kier alpha value is -1.69. The number of hydrogen-bond donors (Lipinski definition) is 1. The van der Waals surface area contributed by atoms with Gasteiger partial charge in [0, 0.05) is 18.0 Å². The summed E-state index contributed by atoms with van der Waals surface area (Å²) in [6, 6.07) is 0. The predicted octanol–water partition coefficient (Wildman–Crippen LogP) is 3.47. The van der Waals surface area contributed by atoms with E-state index in [1.54, 1.807) is 6.92 Å². The van der Waals surface area contributed by atoms with Crippen LogP contribution in [-0.2, 0) is 27.1 Å². The summed E-state index contributed by atoms with van der Waals surface area (Å²) >= 11 is 4.35. The normalized spacial score (nSPS) is 18.5. The number of nitrogens with zero attached hydrogens (tertiary/aromatic N) is 3. The number of fused-ring (bicyclic) bond motifs is 1. The van der Waals surface area contributed by atoms with Gasteiger partial charge in [0.15, 0.2) is 4.34 Å². The third-order valence-corrected chi connectivity index (χ3v) is 8.54. The molecule has 1 aliphatic carbocycles. The van der Waals surface area contributed by atoms with Crippen LogP contribution < -0.4 is 10.2 Å². The average Bonchev–Trinajstić information content (AvgIpc) is 3.37. The highest BCUT2D eigenvalue weighted by Gasteiger charge is 2.29. The Kier molecular flexibility index (Phi) is 7.47. The van der Waals surface area contributed by atoms with Crippen molar-refractivity contribution in [3.8, 4) is 0 Å². The molecule has 0 spiro atoms. The van der Waals surface area contributed by atoms with E-state index < -0.39 is 0 Å². The molecule has 0 bridgehead atoms. The first-order valence-corrected chi connectivity index (χ1v) is 13.1. The molecule has 1 unspecified atom stereocenters. The number of thiophene rings is 1. The zero-order valence-corrected chi connectivity index (χ0v) is 20.1. The Morgan fingerprint density at radius 1 is 1.29 bits per heavy atom. The highest BCUT2D eigenvalue weighted by Crippen LogP contribution is 2.40. The van der Waals surface area contributed by atoms with Crippen LogP contribution in [0.5, 0.6) is 0 Å². The molecular weight excluding hydrogens is 456 g/mol. The maximum absolute atomic E-state index is 12.7. The highest BCUT2D eigenvalue weighted by atomic mass is 32.2. The van der Waals surface area contributed by atoms with Crippen molar-refractivity contribution in [1.82, 2.24) is 10.2 Å². The number of ether oxygens (including phenoxy) is 2. The highest BCUT2D eigenvalue weighted by molar-refractivity contribution is 8.01. The van der Waals surface area contributed by atoms with Crippen LogP contribution in [0.1, 0.15) is 41.1 Å². The van der Waals surface area contributed by atoms with Gasteiger partial charge in [-0.1, -0.05) is 30.0 Å². The fraction of sp³-hybridized carbons (Fsp3) is 0.600. The summed E-state index contributed by atoms with van der Waals surface area (Å²) in [7, 11) is 0. The molecule has 2 aromatic heterocycles. The van der Waals surface area contributed by atoms with Gasteiger partial charge in [0.25, 0.3) is 0 Å². The minimum atomic E-state index is -0.350. The number of esters is 1. The first-order valence-electron chi connectivity index (χ1n) is 10.5. The molecule has 0 aromatic carbocycles. The van der Waals surface area contributed by atoms with Gasteiger partial charge < -0.3 is 19.7 Å². The summed E-state index contributed by atoms with van der Waals surface area (Å²) in [4.78, 5) is 28.6. The molecule has 1 amide bonds. The Labute approximate surface area is 193 Å². The molecule has 0 saturated carbocycles. The molecule has 3 heterocycles. The van der Waals surface area contributed by atoms with Crippen LogP contribution in [0, 0.1) is 5.92 Å². The second kappa shape index (κ2) is 10.3. The number of carbonyl (C=O) groups is 2. The third kappa shape index (κ3) is 5.39. The van der Waals surface area contributed by atoms with Crippen LogP contribution in [0.25, 0.3) is 0 Å². The van der Waals surface area contributed by atoms with Gasteiger partial charge >= 0.3 is 5.97 Å². The van der Waals surface area contributed by atoms with Crippen LogP contribution in [0.4, 0.5) is 10.1 Å². The van der Waals surface area contributed by atoms with E-state index in [-0.39, 0.29) is 17.6 Å². The van der Waals surface area contributed by atoms with Crippen molar-refractivity contribution in [3.63, 3.8) is 0 Å². The maximum atomic E-state index is 12.7. The van der Waals surface area contributed by atoms with E-state index in [0.717, 1.165) is 47.4 Å². The number of amides is 1. The Morgan fingerprint density at radius 2 is 2.10 bits per heavy atom. The van der Waals surface area contributed by atoms with Gasteiger partial charge in [-0.05, 0) is 37.7 Å². The minimum Gasteiger partial charge on any atom is -0.462 e. The topological polar surface area (TPSA) is 93.6 Å². The molecular formula is C20H26N4O4S3. The van der Waals surface area contributed by atoms with Crippen molar-refractivity contribution in [2.24, 2.45) is 5.92 Å². The number of rotatable bonds is 7. The number of nitrogens with one attached hydrogen (secondary N) is 1. The van der Waals surface area contributed by atoms with Gasteiger partial charge in [-0.2, -0.15) is 0 Å². The van der Waals surface area contributed by atoms with E-state index in [9.17, 15) is 9.59 Å². The first-order chi connectivity index (χ1) is 15.0. The van der Waals surface area contributed by atoms with Crippen LogP contribution in [0.2, 0.25) is 0 Å². The Balaban J connectivity index is 1.40. The van der Waals surface area contributed by atoms with Crippen molar-refractivity contribution in [2.75, 3.05) is 48.9 Å². The zero-order chi connectivity index (χ0) is 21.8. The molecule has 11 heteroatoms. The van der Waals surface area contributed by atoms with E-state index in [4.69, 9.17) is 9.47 Å². The van der Waals surface area contributed by atoms with E-state index in [1.807, 2.05) is 0 Å². The van der Waals surface area contributed by atoms with E-state index in [0.29, 0.717) is 36.3 Å².